The lowest BCUT2D eigenvalue weighted by Gasteiger charge is -2.60. The second-order valence-electron chi connectivity index (χ2n) is 13.8. The Morgan fingerprint density at radius 3 is 2.48 bits per heavy atom. The number of carbonyl (C=O) groups excluding carboxylic acids is 1. The van der Waals surface area contributed by atoms with E-state index in [0.717, 1.165) is 43.1 Å². The van der Waals surface area contributed by atoms with Gasteiger partial charge in [0.25, 0.3) is 0 Å². The Hall–Kier alpha value is -2.05. The van der Waals surface area contributed by atoms with Gasteiger partial charge in [-0.05, 0) is 120 Å². The summed E-state index contributed by atoms with van der Waals surface area (Å²) in [6.07, 6.45) is 23.1. The van der Waals surface area contributed by atoms with Gasteiger partial charge in [0.05, 0.1) is 18.3 Å². The third-order valence-corrected chi connectivity index (χ3v) is 10.9. The molecule has 0 aromatic heterocycles. The number of carbonyl (C=O) groups is 1. The summed E-state index contributed by atoms with van der Waals surface area (Å²) in [5.74, 6) is -0.682. The van der Waals surface area contributed by atoms with Crippen molar-refractivity contribution in [3.8, 4) is 0 Å². The zero-order valence-electron chi connectivity index (χ0n) is 26.3. The second kappa shape index (κ2) is 14.2. The molecule has 0 amide bonds. The number of aliphatic hydroxyl groups is 4. The summed E-state index contributed by atoms with van der Waals surface area (Å²) < 4.78 is 0. The largest absolute Gasteiger partial charge is 0.396 e. The van der Waals surface area contributed by atoms with Crippen LogP contribution in [0.15, 0.2) is 69.9 Å². The number of fused-ring (bicyclic) bond motifs is 3. The Morgan fingerprint density at radius 2 is 1.83 bits per heavy atom. The van der Waals surface area contributed by atoms with Crippen LogP contribution < -0.4 is 0 Å². The summed E-state index contributed by atoms with van der Waals surface area (Å²) >= 11 is 0. The van der Waals surface area contributed by atoms with E-state index in [4.69, 9.17) is 0 Å². The Balaban J connectivity index is 1.67. The first kappa shape index (κ1) is 32.9. The molecule has 4 aliphatic rings. The second-order valence-corrected chi connectivity index (χ2v) is 13.8. The van der Waals surface area contributed by atoms with Crippen LogP contribution >= 0.6 is 0 Å². The molecule has 0 radical (unpaired) electrons. The highest BCUT2D eigenvalue weighted by Crippen LogP contribution is 2.66. The average molecular weight is 579 g/mol. The van der Waals surface area contributed by atoms with Gasteiger partial charge in [-0.25, -0.2) is 0 Å². The standard InChI is InChI=1S/C37H54O5/c1-25(2)10-8-13-28(27-11-6-5-7-12-27)14-9-15-31(24-40)32-18-20-37(35(32)41)34-29(19-21-38)16-17-30(22-36(37,4)42)33(34)26(3)23-39/h9-10,14-17,23,29-30,32,34-35,38,40-42H,5-8,11-13,18-22,24H2,1-4H3. The van der Waals surface area contributed by atoms with E-state index in [1.54, 1.807) is 5.57 Å². The van der Waals surface area contributed by atoms with Crippen molar-refractivity contribution in [1.82, 2.24) is 0 Å². The van der Waals surface area contributed by atoms with Crippen LogP contribution in [-0.4, -0.2) is 51.6 Å². The normalized spacial score (nSPS) is 36.0. The highest BCUT2D eigenvalue weighted by Gasteiger charge is 2.67. The summed E-state index contributed by atoms with van der Waals surface area (Å²) in [4.78, 5) is 12.0. The van der Waals surface area contributed by atoms with Gasteiger partial charge in [-0.15, -0.1) is 0 Å². The minimum atomic E-state index is -1.17. The van der Waals surface area contributed by atoms with Gasteiger partial charge in [0.1, 0.15) is 6.29 Å². The van der Waals surface area contributed by atoms with Gasteiger partial charge in [-0.1, -0.05) is 59.6 Å². The molecule has 5 heteroatoms. The molecule has 4 rings (SSSR count). The van der Waals surface area contributed by atoms with Crippen LogP contribution in [0.5, 0.6) is 0 Å². The van der Waals surface area contributed by atoms with Crippen LogP contribution in [-0.2, 0) is 4.79 Å². The molecule has 42 heavy (non-hydrogen) atoms. The molecule has 0 aromatic carbocycles. The van der Waals surface area contributed by atoms with Crippen molar-refractivity contribution in [3.63, 3.8) is 0 Å². The van der Waals surface area contributed by atoms with E-state index in [9.17, 15) is 25.2 Å². The van der Waals surface area contributed by atoms with Crippen LogP contribution in [0.4, 0.5) is 0 Å². The lowest BCUT2D eigenvalue weighted by Crippen LogP contribution is -2.63. The van der Waals surface area contributed by atoms with Gasteiger partial charge < -0.3 is 20.4 Å². The highest BCUT2D eigenvalue weighted by molar-refractivity contribution is 5.74. The van der Waals surface area contributed by atoms with Crippen molar-refractivity contribution < 1.29 is 25.2 Å². The zero-order valence-corrected chi connectivity index (χ0v) is 26.3. The molecule has 2 bridgehead atoms. The van der Waals surface area contributed by atoms with Crippen molar-refractivity contribution in [1.29, 1.82) is 0 Å². The summed E-state index contributed by atoms with van der Waals surface area (Å²) in [5.41, 5.74) is 4.69. The number of aldehydes is 1. The smallest absolute Gasteiger partial charge is 0.145 e. The van der Waals surface area contributed by atoms with Gasteiger partial charge in [-0.2, -0.15) is 0 Å². The topological polar surface area (TPSA) is 98.0 Å². The molecule has 4 aliphatic carbocycles. The summed E-state index contributed by atoms with van der Waals surface area (Å²) in [6.45, 7) is 7.80. The van der Waals surface area contributed by atoms with E-state index in [1.807, 2.05) is 19.9 Å². The van der Waals surface area contributed by atoms with Gasteiger partial charge in [0.2, 0.25) is 0 Å². The van der Waals surface area contributed by atoms with Crippen LogP contribution in [0.1, 0.15) is 98.3 Å². The third-order valence-electron chi connectivity index (χ3n) is 10.9. The number of hydrogen-bond donors (Lipinski definition) is 4. The first-order chi connectivity index (χ1) is 20.1. The molecule has 0 aromatic rings. The van der Waals surface area contributed by atoms with E-state index >= 15 is 0 Å². The fourth-order valence-electron chi connectivity index (χ4n) is 8.91. The first-order valence-corrected chi connectivity index (χ1v) is 16.3. The van der Waals surface area contributed by atoms with E-state index in [0.29, 0.717) is 31.3 Å². The minimum Gasteiger partial charge on any atom is -0.396 e. The SMILES string of the molecule is CC(C)=CCCC(C=CC=C(CO)C1CCC2(C1O)C1C(=C(C)C=O)C(C=CC1CCO)CC2(C)O)=C1CCCCC1. The number of rotatable bonds is 10. The predicted molar refractivity (Wildman–Crippen MR) is 170 cm³/mol. The molecule has 5 nitrogen and oxygen atoms in total. The Labute approximate surface area is 253 Å². The summed E-state index contributed by atoms with van der Waals surface area (Å²) in [7, 11) is 0. The molecule has 0 saturated heterocycles. The summed E-state index contributed by atoms with van der Waals surface area (Å²) in [5, 5.41) is 44.7. The maximum Gasteiger partial charge on any atom is 0.145 e. The molecule has 3 fully saturated rings. The van der Waals surface area contributed by atoms with Crippen molar-refractivity contribution in [3.05, 3.63) is 69.9 Å². The number of aliphatic hydroxyl groups excluding tert-OH is 3. The molecule has 1 spiro atoms. The molecule has 4 N–H and O–H groups in total. The molecule has 0 aliphatic heterocycles. The molecular weight excluding hydrogens is 524 g/mol. The van der Waals surface area contributed by atoms with Crippen molar-refractivity contribution in [2.45, 2.75) is 110 Å². The molecule has 7 atom stereocenters. The summed E-state index contributed by atoms with van der Waals surface area (Å²) in [6, 6.07) is 0. The van der Waals surface area contributed by atoms with E-state index in [-0.39, 0.29) is 36.9 Å². The lowest BCUT2D eigenvalue weighted by molar-refractivity contribution is -0.181. The van der Waals surface area contributed by atoms with Crippen LogP contribution in [0, 0.1) is 29.1 Å². The number of hydrogen-bond acceptors (Lipinski definition) is 5. The third kappa shape index (κ3) is 6.40. The van der Waals surface area contributed by atoms with Gasteiger partial charge in [0.15, 0.2) is 0 Å². The van der Waals surface area contributed by atoms with E-state index < -0.39 is 17.1 Å². The van der Waals surface area contributed by atoms with Crippen LogP contribution in [0.3, 0.4) is 0 Å². The van der Waals surface area contributed by atoms with E-state index in [2.05, 4.69) is 44.2 Å². The first-order valence-electron chi connectivity index (χ1n) is 16.3. The number of allylic oxidation sites excluding steroid dienone is 11. The molecular formula is C37H54O5. The minimum absolute atomic E-state index is 0.000616. The Kier molecular flexibility index (Phi) is 11.1. The maximum atomic E-state index is 12.2. The predicted octanol–water partition coefficient (Wildman–Crippen LogP) is 6.70. The van der Waals surface area contributed by atoms with Crippen molar-refractivity contribution >= 4 is 6.29 Å². The quantitative estimate of drug-likeness (QED) is 0.100. The van der Waals surface area contributed by atoms with Crippen molar-refractivity contribution in [2.75, 3.05) is 13.2 Å². The molecule has 232 valence electrons. The fourth-order valence-corrected chi connectivity index (χ4v) is 8.91. The van der Waals surface area contributed by atoms with Crippen LogP contribution in [0.2, 0.25) is 0 Å². The van der Waals surface area contributed by atoms with Crippen LogP contribution in [0.25, 0.3) is 0 Å². The van der Waals surface area contributed by atoms with Gasteiger partial charge >= 0.3 is 0 Å². The zero-order chi connectivity index (χ0) is 30.5. The molecule has 3 saturated carbocycles. The molecule has 7 unspecified atom stereocenters. The highest BCUT2D eigenvalue weighted by atomic mass is 16.3. The van der Waals surface area contributed by atoms with Gasteiger partial charge in [0, 0.05) is 23.9 Å². The monoisotopic (exact) mass is 578 g/mol. The molecule has 0 heterocycles. The van der Waals surface area contributed by atoms with Crippen molar-refractivity contribution in [2.24, 2.45) is 29.1 Å². The lowest BCUT2D eigenvalue weighted by atomic mass is 9.46. The Morgan fingerprint density at radius 1 is 1.10 bits per heavy atom. The van der Waals surface area contributed by atoms with Gasteiger partial charge in [-0.3, -0.25) is 4.79 Å². The Bertz CT molecular complexity index is 1150. The average Bonchev–Trinajstić information content (AvgIpc) is 3.31. The maximum absolute atomic E-state index is 12.2. The van der Waals surface area contributed by atoms with E-state index in [1.165, 1.54) is 30.4 Å². The fraction of sp³-hybridized carbons (Fsp3) is 0.649.